The van der Waals surface area contributed by atoms with E-state index in [1.54, 1.807) is 0 Å². The first kappa shape index (κ1) is 15.5. The maximum atomic E-state index is 12.2. The molecular weight excluding hydrogens is 283 g/mol. The summed E-state index contributed by atoms with van der Waals surface area (Å²) in [6.45, 7) is 3.04. The summed E-state index contributed by atoms with van der Waals surface area (Å²) in [6, 6.07) is 0. The number of hydrogen-bond donors (Lipinski definition) is 1. The van der Waals surface area contributed by atoms with Gasteiger partial charge in [-0.05, 0) is 19.3 Å². The summed E-state index contributed by atoms with van der Waals surface area (Å²) in [7, 11) is -3.46. The first-order chi connectivity index (χ1) is 7.99. The summed E-state index contributed by atoms with van der Waals surface area (Å²) in [5, 5.41) is 0. The van der Waals surface area contributed by atoms with Crippen LogP contribution in [-0.2, 0) is 10.2 Å². The third-order valence-electron chi connectivity index (χ3n) is 3.19. The van der Waals surface area contributed by atoms with Crippen LogP contribution in [0.4, 0.5) is 0 Å². The Morgan fingerprint density at radius 3 is 2.12 bits per heavy atom. The molecule has 0 amide bonds. The van der Waals surface area contributed by atoms with E-state index in [1.807, 2.05) is 6.92 Å². The predicted octanol–water partition coefficient (Wildman–Crippen LogP) is 1.93. The van der Waals surface area contributed by atoms with Gasteiger partial charge in [-0.25, -0.2) is 0 Å². The zero-order valence-electron chi connectivity index (χ0n) is 10.1. The fraction of sp³-hybridized carbons (Fsp3) is 1.00. The third-order valence-corrected chi connectivity index (χ3v) is 5.95. The summed E-state index contributed by atoms with van der Waals surface area (Å²) in [5.41, 5.74) is -0.737. The molecule has 1 N–H and O–H groups in total. The largest absolute Gasteiger partial charge is 0.280 e. The molecular formula is C10H20Cl2N2O2S. The van der Waals surface area contributed by atoms with Crippen molar-refractivity contribution in [3.05, 3.63) is 0 Å². The molecule has 1 aliphatic rings. The molecule has 1 rings (SSSR count). The van der Waals surface area contributed by atoms with E-state index in [0.717, 1.165) is 19.3 Å². The lowest BCUT2D eigenvalue weighted by Crippen LogP contribution is -2.56. The topological polar surface area (TPSA) is 49.4 Å². The molecule has 1 fully saturated rings. The van der Waals surface area contributed by atoms with Crippen LogP contribution in [0.1, 0.15) is 32.6 Å². The molecule has 0 aliphatic carbocycles. The van der Waals surface area contributed by atoms with Gasteiger partial charge in [-0.1, -0.05) is 13.3 Å². The first-order valence-corrected chi connectivity index (χ1v) is 8.41. The number of nitrogens with zero attached hydrogens (tertiary/aromatic N) is 1. The van der Waals surface area contributed by atoms with Crippen LogP contribution >= 0.6 is 23.2 Å². The highest BCUT2D eigenvalue weighted by Gasteiger charge is 2.34. The molecule has 0 aromatic heterocycles. The van der Waals surface area contributed by atoms with Crippen molar-refractivity contribution in [2.45, 2.75) is 38.1 Å². The summed E-state index contributed by atoms with van der Waals surface area (Å²) >= 11 is 11.7. The number of rotatable bonds is 6. The Labute approximate surface area is 114 Å². The molecule has 0 bridgehead atoms. The van der Waals surface area contributed by atoms with E-state index >= 15 is 0 Å². The summed E-state index contributed by atoms with van der Waals surface area (Å²) in [6.07, 6.45) is 3.51. The fourth-order valence-electron chi connectivity index (χ4n) is 1.79. The van der Waals surface area contributed by atoms with Crippen molar-refractivity contribution < 1.29 is 8.42 Å². The van der Waals surface area contributed by atoms with Gasteiger partial charge in [0.25, 0.3) is 10.2 Å². The third kappa shape index (κ3) is 3.96. The number of halogens is 2. The van der Waals surface area contributed by atoms with Gasteiger partial charge in [0.15, 0.2) is 0 Å². The Morgan fingerprint density at radius 1 is 1.18 bits per heavy atom. The number of hydrogen-bond acceptors (Lipinski definition) is 2. The molecule has 0 aromatic rings. The molecule has 7 heteroatoms. The maximum Gasteiger partial charge on any atom is 0.280 e. The van der Waals surface area contributed by atoms with Crippen molar-refractivity contribution in [1.29, 1.82) is 0 Å². The highest BCUT2D eigenvalue weighted by Crippen LogP contribution is 2.19. The van der Waals surface area contributed by atoms with Gasteiger partial charge >= 0.3 is 0 Å². The van der Waals surface area contributed by atoms with Crippen LogP contribution < -0.4 is 4.72 Å². The van der Waals surface area contributed by atoms with Crippen LogP contribution in [0.2, 0.25) is 0 Å². The van der Waals surface area contributed by atoms with E-state index < -0.39 is 15.7 Å². The van der Waals surface area contributed by atoms with Crippen LogP contribution in [0.15, 0.2) is 0 Å². The highest BCUT2D eigenvalue weighted by atomic mass is 35.5. The molecule has 102 valence electrons. The average molecular weight is 303 g/mol. The van der Waals surface area contributed by atoms with Gasteiger partial charge in [0, 0.05) is 24.8 Å². The molecule has 1 saturated heterocycles. The smallest absolute Gasteiger partial charge is 0.195 e. The van der Waals surface area contributed by atoms with Crippen molar-refractivity contribution in [2.24, 2.45) is 0 Å². The van der Waals surface area contributed by atoms with Crippen LogP contribution in [0.3, 0.4) is 0 Å². The molecule has 1 heterocycles. The Balaban J connectivity index is 2.76. The van der Waals surface area contributed by atoms with Crippen molar-refractivity contribution in [1.82, 2.24) is 9.03 Å². The van der Waals surface area contributed by atoms with Crippen molar-refractivity contribution in [3.63, 3.8) is 0 Å². The van der Waals surface area contributed by atoms with Crippen LogP contribution in [0.5, 0.6) is 0 Å². The van der Waals surface area contributed by atoms with E-state index in [9.17, 15) is 8.42 Å². The quantitative estimate of drug-likeness (QED) is 0.762. The SMILES string of the molecule is CCC(CCl)(CCl)NS(=O)(=O)N1CCCCC1. The van der Waals surface area contributed by atoms with Crippen LogP contribution in [0, 0.1) is 0 Å². The standard InChI is InChI=1S/C10H20Cl2N2O2S/c1-2-10(8-11,9-12)13-17(15,16)14-6-4-3-5-7-14/h13H,2-9H2,1H3. The monoisotopic (exact) mass is 302 g/mol. The van der Waals surface area contributed by atoms with Gasteiger partial charge in [0.05, 0.1) is 5.54 Å². The van der Waals surface area contributed by atoms with Gasteiger partial charge in [0.1, 0.15) is 0 Å². The van der Waals surface area contributed by atoms with Gasteiger partial charge < -0.3 is 0 Å². The van der Waals surface area contributed by atoms with Crippen molar-refractivity contribution in [3.8, 4) is 0 Å². The Morgan fingerprint density at radius 2 is 1.71 bits per heavy atom. The van der Waals surface area contributed by atoms with Gasteiger partial charge in [0.2, 0.25) is 0 Å². The van der Waals surface area contributed by atoms with Crippen LogP contribution in [0.25, 0.3) is 0 Å². The summed E-state index contributed by atoms with van der Waals surface area (Å²) < 4.78 is 28.5. The molecule has 17 heavy (non-hydrogen) atoms. The van der Waals surface area contributed by atoms with Gasteiger partial charge in [-0.15, -0.1) is 23.2 Å². The lowest BCUT2D eigenvalue weighted by Gasteiger charge is -2.34. The summed E-state index contributed by atoms with van der Waals surface area (Å²) in [4.78, 5) is 0. The maximum absolute atomic E-state index is 12.2. The minimum atomic E-state index is -3.46. The van der Waals surface area contributed by atoms with Gasteiger partial charge in [-0.2, -0.15) is 17.4 Å². The molecule has 0 aromatic carbocycles. The van der Waals surface area contributed by atoms with E-state index in [-0.39, 0.29) is 11.8 Å². The average Bonchev–Trinajstić information content (AvgIpc) is 2.37. The minimum Gasteiger partial charge on any atom is -0.195 e. The zero-order chi connectivity index (χ0) is 12.9. The molecule has 0 atom stereocenters. The fourth-order valence-corrected chi connectivity index (χ4v) is 4.45. The minimum absolute atomic E-state index is 0.181. The van der Waals surface area contributed by atoms with Crippen molar-refractivity contribution in [2.75, 3.05) is 24.8 Å². The normalized spacial score (nSPS) is 19.5. The highest BCUT2D eigenvalue weighted by molar-refractivity contribution is 7.87. The molecule has 4 nitrogen and oxygen atoms in total. The second-order valence-corrected chi connectivity index (χ2v) is 6.67. The Kier molecular flexibility index (Phi) is 5.99. The van der Waals surface area contributed by atoms with Crippen molar-refractivity contribution >= 4 is 33.4 Å². The number of nitrogens with one attached hydrogen (secondary N) is 1. The molecule has 0 saturated carbocycles. The molecule has 0 spiro atoms. The van der Waals surface area contributed by atoms with E-state index in [0.29, 0.717) is 19.5 Å². The molecule has 0 radical (unpaired) electrons. The van der Waals surface area contributed by atoms with Crippen LogP contribution in [-0.4, -0.2) is 43.1 Å². The second-order valence-electron chi connectivity index (χ2n) is 4.47. The van der Waals surface area contributed by atoms with Gasteiger partial charge in [-0.3, -0.25) is 0 Å². The van der Waals surface area contributed by atoms with E-state index in [2.05, 4.69) is 4.72 Å². The van der Waals surface area contributed by atoms with E-state index in [4.69, 9.17) is 23.2 Å². The Bertz CT molecular complexity index is 317. The number of piperidine rings is 1. The first-order valence-electron chi connectivity index (χ1n) is 5.90. The Hall–Kier alpha value is 0.450. The lowest BCUT2D eigenvalue weighted by molar-refractivity contribution is 0.329. The molecule has 0 unspecified atom stereocenters. The lowest BCUT2D eigenvalue weighted by atomic mass is 10.0. The summed E-state index contributed by atoms with van der Waals surface area (Å²) in [5.74, 6) is 0.361. The predicted molar refractivity (Wildman–Crippen MR) is 71.9 cm³/mol. The molecule has 1 aliphatic heterocycles. The second kappa shape index (κ2) is 6.57. The number of alkyl halides is 2. The van der Waals surface area contributed by atoms with E-state index in [1.165, 1.54) is 4.31 Å². The zero-order valence-corrected chi connectivity index (χ0v) is 12.4.